The molecule has 0 fully saturated rings. The van der Waals surface area contributed by atoms with Crippen molar-refractivity contribution in [2.45, 2.75) is 57.9 Å². The number of fused-ring (bicyclic) bond motifs is 5. The summed E-state index contributed by atoms with van der Waals surface area (Å²) in [6.45, 7) is 1.80. The van der Waals surface area contributed by atoms with E-state index in [1.807, 2.05) is 0 Å². The van der Waals surface area contributed by atoms with Gasteiger partial charge in [0.1, 0.15) is 25.8 Å². The number of nitrogens with one attached hydrogen (secondary N) is 2. The SMILES string of the molecule is CC[C@@]1(O)C(=O)OCc2c1cc1n(c2=O)Cc2c-1nc1cc(F)c(C)c3c1c2[C@@H](NC(=O)COCNC(=O)COC(N)=O)CC3. The van der Waals surface area contributed by atoms with Crippen molar-refractivity contribution in [3.8, 4) is 11.4 Å². The first-order valence-corrected chi connectivity index (χ1v) is 14.3. The van der Waals surface area contributed by atoms with E-state index >= 15 is 4.39 Å². The number of carbonyl (C=O) groups is 4. The van der Waals surface area contributed by atoms with E-state index in [0.29, 0.717) is 51.8 Å². The molecule has 3 amide bonds. The molecule has 0 bridgehead atoms. The number of pyridine rings is 2. The second kappa shape index (κ2) is 11.2. The number of primary amides is 1. The minimum absolute atomic E-state index is 0.0140. The Morgan fingerprint density at radius 1 is 1.20 bits per heavy atom. The molecule has 236 valence electrons. The number of benzene rings is 1. The van der Waals surface area contributed by atoms with Crippen molar-refractivity contribution in [1.29, 1.82) is 0 Å². The third kappa shape index (κ3) is 4.97. The van der Waals surface area contributed by atoms with Crippen LogP contribution in [0, 0.1) is 12.7 Å². The smallest absolute Gasteiger partial charge is 0.405 e. The zero-order valence-electron chi connectivity index (χ0n) is 24.5. The molecule has 0 unspecified atom stereocenters. The number of hydrogen-bond acceptors (Lipinski definition) is 10. The van der Waals surface area contributed by atoms with Gasteiger partial charge in [0.05, 0.1) is 35.1 Å². The lowest BCUT2D eigenvalue weighted by Crippen LogP contribution is -2.44. The normalized spacial score (nSPS) is 19.3. The van der Waals surface area contributed by atoms with Crippen LogP contribution in [0.15, 0.2) is 16.9 Å². The number of aryl methyl sites for hydroxylation is 1. The zero-order chi connectivity index (χ0) is 32.2. The van der Waals surface area contributed by atoms with E-state index < -0.39 is 60.1 Å². The predicted octanol–water partition coefficient (Wildman–Crippen LogP) is 0.816. The van der Waals surface area contributed by atoms with Crippen molar-refractivity contribution in [3.63, 3.8) is 0 Å². The monoisotopic (exact) mass is 623 g/mol. The molecule has 15 heteroatoms. The summed E-state index contributed by atoms with van der Waals surface area (Å²) in [5.74, 6) is -2.43. The highest BCUT2D eigenvalue weighted by Gasteiger charge is 2.46. The van der Waals surface area contributed by atoms with E-state index in [9.17, 15) is 29.1 Å². The lowest BCUT2D eigenvalue weighted by Gasteiger charge is -2.31. The number of ether oxygens (including phenoxy) is 3. The lowest BCUT2D eigenvalue weighted by molar-refractivity contribution is -0.172. The van der Waals surface area contributed by atoms with E-state index in [4.69, 9.17) is 20.2 Å². The Morgan fingerprint density at radius 2 is 1.98 bits per heavy atom. The van der Waals surface area contributed by atoms with Gasteiger partial charge in [0, 0.05) is 22.6 Å². The maximum atomic E-state index is 15.1. The number of amides is 3. The molecule has 3 aromatic rings. The Labute approximate surface area is 254 Å². The van der Waals surface area contributed by atoms with Crippen molar-refractivity contribution in [2.24, 2.45) is 5.73 Å². The van der Waals surface area contributed by atoms with Crippen molar-refractivity contribution in [2.75, 3.05) is 19.9 Å². The first-order chi connectivity index (χ1) is 21.4. The molecule has 6 rings (SSSR count). The number of rotatable bonds is 8. The minimum atomic E-state index is -2.00. The highest BCUT2D eigenvalue weighted by Crippen LogP contribution is 2.45. The van der Waals surface area contributed by atoms with Gasteiger partial charge in [-0.05, 0) is 48.9 Å². The molecule has 0 radical (unpaired) electrons. The average Bonchev–Trinajstić information content (AvgIpc) is 3.38. The Kier molecular flexibility index (Phi) is 7.53. The highest BCUT2D eigenvalue weighted by molar-refractivity contribution is 5.94. The molecule has 0 saturated heterocycles. The lowest BCUT2D eigenvalue weighted by atomic mass is 9.81. The van der Waals surface area contributed by atoms with Crippen molar-refractivity contribution in [3.05, 3.63) is 61.7 Å². The van der Waals surface area contributed by atoms with E-state index in [1.54, 1.807) is 19.9 Å². The van der Waals surface area contributed by atoms with Crippen LogP contribution in [0.3, 0.4) is 0 Å². The van der Waals surface area contributed by atoms with E-state index in [0.717, 1.165) is 5.56 Å². The third-order valence-corrected chi connectivity index (χ3v) is 8.66. The van der Waals surface area contributed by atoms with Gasteiger partial charge >= 0.3 is 12.1 Å². The quantitative estimate of drug-likeness (QED) is 0.124. The summed E-state index contributed by atoms with van der Waals surface area (Å²) >= 11 is 0. The number of carbonyl (C=O) groups excluding carboxylic acids is 4. The number of nitrogens with zero attached hydrogens (tertiary/aromatic N) is 2. The predicted molar refractivity (Wildman–Crippen MR) is 153 cm³/mol. The fourth-order valence-electron chi connectivity index (χ4n) is 6.40. The summed E-state index contributed by atoms with van der Waals surface area (Å²) in [5, 5.41) is 17.2. The van der Waals surface area contributed by atoms with Gasteiger partial charge in [-0.2, -0.15) is 0 Å². The number of nitrogens with two attached hydrogens (primary N) is 1. The van der Waals surface area contributed by atoms with Gasteiger partial charge in [-0.15, -0.1) is 0 Å². The Hall–Kier alpha value is -4.89. The summed E-state index contributed by atoms with van der Waals surface area (Å²) in [4.78, 5) is 66.3. The van der Waals surface area contributed by atoms with Gasteiger partial charge in [-0.25, -0.2) is 19.0 Å². The van der Waals surface area contributed by atoms with Gasteiger partial charge in [-0.3, -0.25) is 14.4 Å². The molecule has 2 aliphatic heterocycles. The molecule has 4 heterocycles. The molecule has 1 aromatic carbocycles. The van der Waals surface area contributed by atoms with Crippen LogP contribution in [0.2, 0.25) is 0 Å². The summed E-state index contributed by atoms with van der Waals surface area (Å²) in [6, 6.07) is 2.36. The van der Waals surface area contributed by atoms with Crippen LogP contribution in [0.4, 0.5) is 9.18 Å². The first-order valence-electron chi connectivity index (χ1n) is 14.3. The molecular formula is C30H30FN5O9. The van der Waals surface area contributed by atoms with Gasteiger partial charge < -0.3 is 40.3 Å². The molecule has 14 nitrogen and oxygen atoms in total. The van der Waals surface area contributed by atoms with Crippen LogP contribution in [0.5, 0.6) is 0 Å². The molecular weight excluding hydrogens is 593 g/mol. The van der Waals surface area contributed by atoms with Crippen LogP contribution in [0.25, 0.3) is 22.3 Å². The Balaban J connectivity index is 1.35. The van der Waals surface area contributed by atoms with Gasteiger partial charge in [0.25, 0.3) is 11.5 Å². The van der Waals surface area contributed by atoms with Crippen molar-refractivity contribution >= 4 is 34.8 Å². The minimum Gasteiger partial charge on any atom is -0.458 e. The van der Waals surface area contributed by atoms with Gasteiger partial charge in [0.2, 0.25) is 5.91 Å². The highest BCUT2D eigenvalue weighted by atomic mass is 19.1. The molecule has 5 N–H and O–H groups in total. The van der Waals surface area contributed by atoms with Gasteiger partial charge in [0.15, 0.2) is 12.2 Å². The zero-order valence-corrected chi connectivity index (χ0v) is 24.5. The maximum Gasteiger partial charge on any atom is 0.405 e. The standard InChI is InChI=1S/C30H30FN5O9/c1-3-30(42)17-6-21-26-15(8-36(21)27(39)16(17)9-44-28(30)40)25-19(5-4-14-13(2)18(31)7-20(35-26)24(14)25)34-23(38)10-43-12-33-22(37)11-45-29(32)41/h6-7,19,42H,3-5,8-12H2,1-2H3,(H2,32,41)(H,33,37)(H,34,38)/t19-,30-/m0/s1. The summed E-state index contributed by atoms with van der Waals surface area (Å²) in [7, 11) is 0. The molecule has 45 heavy (non-hydrogen) atoms. The topological polar surface area (TPSA) is 201 Å². The number of aliphatic hydroxyl groups is 1. The second-order valence-electron chi connectivity index (χ2n) is 11.2. The molecule has 0 spiro atoms. The fraction of sp³-hybridized carbons (Fsp3) is 0.400. The Bertz CT molecular complexity index is 1870. The van der Waals surface area contributed by atoms with Crippen LogP contribution in [-0.2, 0) is 53.8 Å². The first kappa shape index (κ1) is 30.1. The van der Waals surface area contributed by atoms with Gasteiger partial charge in [-0.1, -0.05) is 6.92 Å². The summed E-state index contributed by atoms with van der Waals surface area (Å²) in [6.07, 6.45) is -0.234. The molecule has 2 aromatic heterocycles. The van der Waals surface area contributed by atoms with Crippen molar-refractivity contribution in [1.82, 2.24) is 20.2 Å². The summed E-state index contributed by atoms with van der Waals surface area (Å²) in [5.41, 5.74) is 6.42. The fourth-order valence-corrected chi connectivity index (χ4v) is 6.40. The molecule has 2 atom stereocenters. The third-order valence-electron chi connectivity index (χ3n) is 8.66. The van der Waals surface area contributed by atoms with Crippen molar-refractivity contribution < 1.29 is 42.9 Å². The summed E-state index contributed by atoms with van der Waals surface area (Å²) < 4.78 is 31.4. The number of cyclic esters (lactones) is 1. The molecule has 1 aliphatic carbocycles. The van der Waals surface area contributed by atoms with Crippen LogP contribution >= 0.6 is 0 Å². The largest absolute Gasteiger partial charge is 0.458 e. The maximum absolute atomic E-state index is 15.1. The second-order valence-corrected chi connectivity index (χ2v) is 11.2. The molecule has 3 aliphatic rings. The Morgan fingerprint density at radius 3 is 2.71 bits per heavy atom. The average molecular weight is 624 g/mol. The number of esters is 1. The van der Waals surface area contributed by atoms with E-state index in [-0.39, 0.29) is 37.4 Å². The van der Waals surface area contributed by atoms with Crippen LogP contribution < -0.4 is 21.9 Å². The van der Waals surface area contributed by atoms with E-state index in [2.05, 4.69) is 15.4 Å². The number of aromatic nitrogens is 2. The van der Waals surface area contributed by atoms with E-state index in [1.165, 1.54) is 10.6 Å². The number of hydrogen-bond donors (Lipinski definition) is 4. The van der Waals surface area contributed by atoms with Crippen LogP contribution in [-0.4, -0.2) is 58.5 Å². The number of halogens is 1. The van der Waals surface area contributed by atoms with Crippen LogP contribution in [0.1, 0.15) is 59.2 Å². The molecule has 0 saturated carbocycles.